The molecule has 0 aliphatic heterocycles. The Kier molecular flexibility index (Phi) is 6.21. The highest BCUT2D eigenvalue weighted by molar-refractivity contribution is 7.91. The number of nitrogens with zero attached hydrogens (tertiary/aromatic N) is 2. The summed E-state index contributed by atoms with van der Waals surface area (Å²) in [5.74, 6) is 0.106. The molecule has 0 saturated heterocycles. The Morgan fingerprint density at radius 2 is 1.79 bits per heavy atom. The minimum Gasteiger partial charge on any atom is -0.497 e. The van der Waals surface area contributed by atoms with Crippen molar-refractivity contribution in [2.24, 2.45) is 0 Å². The predicted molar refractivity (Wildman–Crippen MR) is 129 cm³/mol. The standard InChI is InChI=1S/C25H23N3O5S/c1-16-5-4-6-18(13-16)27-23(29)15-28-14-22(24(30)21-12-7-17(2)26-25(21)28)34(31,32)20-10-8-19(33-3)9-11-20/h4-14H,15H2,1-3H3,(H,27,29). The molecule has 0 fully saturated rings. The van der Waals surface area contributed by atoms with Crippen molar-refractivity contribution in [1.82, 2.24) is 9.55 Å². The summed E-state index contributed by atoms with van der Waals surface area (Å²) in [4.78, 5) is 29.9. The summed E-state index contributed by atoms with van der Waals surface area (Å²) in [7, 11) is -2.69. The van der Waals surface area contributed by atoms with Gasteiger partial charge in [0.15, 0.2) is 0 Å². The highest BCUT2D eigenvalue weighted by Gasteiger charge is 2.25. The van der Waals surface area contributed by atoms with Crippen LogP contribution in [0.5, 0.6) is 5.75 Å². The summed E-state index contributed by atoms with van der Waals surface area (Å²) in [6, 6.07) is 16.2. The number of hydrogen-bond acceptors (Lipinski definition) is 6. The maximum atomic E-state index is 13.4. The number of amides is 1. The quantitative estimate of drug-likeness (QED) is 0.456. The third-order valence-electron chi connectivity index (χ3n) is 5.30. The second-order valence-electron chi connectivity index (χ2n) is 7.87. The monoisotopic (exact) mass is 477 g/mol. The average Bonchev–Trinajstić information content (AvgIpc) is 2.80. The molecule has 4 rings (SSSR count). The van der Waals surface area contributed by atoms with Crippen molar-refractivity contribution >= 4 is 32.5 Å². The number of nitrogens with one attached hydrogen (secondary N) is 1. The minimum absolute atomic E-state index is 0.0550. The van der Waals surface area contributed by atoms with Crippen LogP contribution in [0.3, 0.4) is 0 Å². The van der Waals surface area contributed by atoms with Crippen LogP contribution >= 0.6 is 0 Å². The fourth-order valence-electron chi connectivity index (χ4n) is 3.61. The molecule has 9 heteroatoms. The number of sulfone groups is 1. The first-order valence-corrected chi connectivity index (χ1v) is 11.9. The molecule has 2 aromatic carbocycles. The van der Waals surface area contributed by atoms with Gasteiger partial charge in [-0.25, -0.2) is 13.4 Å². The topological polar surface area (TPSA) is 107 Å². The van der Waals surface area contributed by atoms with Gasteiger partial charge in [-0.2, -0.15) is 0 Å². The van der Waals surface area contributed by atoms with E-state index in [2.05, 4.69) is 10.3 Å². The van der Waals surface area contributed by atoms with Gasteiger partial charge in [0.2, 0.25) is 21.2 Å². The van der Waals surface area contributed by atoms with Gasteiger partial charge in [-0.15, -0.1) is 0 Å². The minimum atomic E-state index is -4.17. The zero-order chi connectivity index (χ0) is 24.5. The molecule has 0 bridgehead atoms. The largest absolute Gasteiger partial charge is 0.497 e. The van der Waals surface area contributed by atoms with Crippen LogP contribution in [0.2, 0.25) is 0 Å². The number of carbonyl (C=O) groups is 1. The van der Waals surface area contributed by atoms with Crippen molar-refractivity contribution in [3.05, 3.63) is 88.3 Å². The van der Waals surface area contributed by atoms with Gasteiger partial charge in [-0.05, 0) is 67.9 Å². The van der Waals surface area contributed by atoms with E-state index < -0.39 is 20.2 Å². The highest BCUT2D eigenvalue weighted by Crippen LogP contribution is 2.23. The zero-order valence-electron chi connectivity index (χ0n) is 18.9. The summed E-state index contributed by atoms with van der Waals surface area (Å²) < 4.78 is 33.2. The smallest absolute Gasteiger partial charge is 0.244 e. The fourth-order valence-corrected chi connectivity index (χ4v) is 4.97. The van der Waals surface area contributed by atoms with Crippen LogP contribution in [0.15, 0.2) is 81.4 Å². The molecule has 0 saturated carbocycles. The summed E-state index contributed by atoms with van der Waals surface area (Å²) in [6.07, 6.45) is 1.19. The summed E-state index contributed by atoms with van der Waals surface area (Å²) in [5.41, 5.74) is 1.79. The number of anilines is 1. The van der Waals surface area contributed by atoms with Crippen LogP contribution in [-0.4, -0.2) is 31.0 Å². The van der Waals surface area contributed by atoms with Gasteiger partial charge in [-0.1, -0.05) is 12.1 Å². The number of ether oxygens (including phenoxy) is 1. The number of hydrogen-bond donors (Lipinski definition) is 1. The molecule has 34 heavy (non-hydrogen) atoms. The number of pyridine rings is 2. The van der Waals surface area contributed by atoms with Crippen LogP contribution in [-0.2, 0) is 21.2 Å². The van der Waals surface area contributed by atoms with Gasteiger partial charge in [0.25, 0.3) is 0 Å². The lowest BCUT2D eigenvalue weighted by atomic mass is 10.2. The predicted octanol–water partition coefficient (Wildman–Crippen LogP) is 3.49. The van der Waals surface area contributed by atoms with Crippen LogP contribution in [0.1, 0.15) is 11.3 Å². The van der Waals surface area contributed by atoms with Crippen molar-refractivity contribution < 1.29 is 17.9 Å². The molecule has 1 N–H and O–H groups in total. The van der Waals surface area contributed by atoms with E-state index in [1.165, 1.54) is 48.2 Å². The van der Waals surface area contributed by atoms with Gasteiger partial charge in [0.05, 0.1) is 17.4 Å². The number of rotatable bonds is 6. The van der Waals surface area contributed by atoms with E-state index in [1.807, 2.05) is 25.1 Å². The van der Waals surface area contributed by atoms with E-state index in [0.717, 1.165) is 5.56 Å². The Morgan fingerprint density at radius 3 is 2.47 bits per heavy atom. The Balaban J connectivity index is 1.81. The van der Waals surface area contributed by atoms with E-state index in [0.29, 0.717) is 17.1 Å². The van der Waals surface area contributed by atoms with E-state index >= 15 is 0 Å². The number of methoxy groups -OCH3 is 1. The maximum Gasteiger partial charge on any atom is 0.244 e. The molecule has 0 aliphatic rings. The van der Waals surface area contributed by atoms with Gasteiger partial charge in [-0.3, -0.25) is 9.59 Å². The van der Waals surface area contributed by atoms with Crippen LogP contribution in [0.4, 0.5) is 5.69 Å². The van der Waals surface area contributed by atoms with Crippen LogP contribution in [0.25, 0.3) is 11.0 Å². The average molecular weight is 478 g/mol. The molecule has 174 valence electrons. The number of aromatic nitrogens is 2. The number of aryl methyl sites for hydroxylation is 2. The normalized spacial score (nSPS) is 11.4. The third-order valence-corrected chi connectivity index (χ3v) is 7.07. The maximum absolute atomic E-state index is 13.4. The molecule has 0 aliphatic carbocycles. The molecule has 1 amide bonds. The molecule has 0 radical (unpaired) electrons. The van der Waals surface area contributed by atoms with Crippen molar-refractivity contribution in [3.8, 4) is 5.75 Å². The fraction of sp³-hybridized carbons (Fsp3) is 0.160. The summed E-state index contributed by atoms with van der Waals surface area (Å²) >= 11 is 0. The molecule has 0 spiro atoms. The number of fused-ring (bicyclic) bond motifs is 1. The Morgan fingerprint density at radius 1 is 1.06 bits per heavy atom. The molecule has 2 heterocycles. The van der Waals surface area contributed by atoms with Gasteiger partial charge >= 0.3 is 0 Å². The van der Waals surface area contributed by atoms with Crippen molar-refractivity contribution in [2.75, 3.05) is 12.4 Å². The van der Waals surface area contributed by atoms with E-state index in [9.17, 15) is 18.0 Å². The van der Waals surface area contributed by atoms with E-state index in [4.69, 9.17) is 4.74 Å². The Labute approximate surface area is 196 Å². The Bertz CT molecular complexity index is 1560. The highest BCUT2D eigenvalue weighted by atomic mass is 32.2. The first-order chi connectivity index (χ1) is 16.2. The second-order valence-corrected chi connectivity index (χ2v) is 9.79. The Hall–Kier alpha value is -3.98. The van der Waals surface area contributed by atoms with Gasteiger partial charge in [0.1, 0.15) is 22.8 Å². The lowest BCUT2D eigenvalue weighted by Gasteiger charge is -2.14. The van der Waals surface area contributed by atoms with Crippen LogP contribution < -0.4 is 15.5 Å². The van der Waals surface area contributed by atoms with Gasteiger partial charge in [0, 0.05) is 17.6 Å². The molecule has 0 atom stereocenters. The first-order valence-electron chi connectivity index (χ1n) is 10.5. The molecular weight excluding hydrogens is 454 g/mol. The summed E-state index contributed by atoms with van der Waals surface area (Å²) in [6.45, 7) is 3.43. The molecular formula is C25H23N3O5S. The zero-order valence-corrected chi connectivity index (χ0v) is 19.7. The SMILES string of the molecule is COc1ccc(S(=O)(=O)c2cn(CC(=O)Nc3cccc(C)c3)c3nc(C)ccc3c2=O)cc1. The third kappa shape index (κ3) is 4.55. The molecule has 2 aromatic heterocycles. The van der Waals surface area contributed by atoms with Crippen LogP contribution in [0, 0.1) is 13.8 Å². The molecule has 4 aromatic rings. The van der Waals surface area contributed by atoms with Crippen molar-refractivity contribution in [3.63, 3.8) is 0 Å². The van der Waals surface area contributed by atoms with E-state index in [-0.39, 0.29) is 28.4 Å². The van der Waals surface area contributed by atoms with E-state index in [1.54, 1.807) is 19.1 Å². The number of carbonyl (C=O) groups excluding carboxylic acids is 1. The number of benzene rings is 2. The lowest BCUT2D eigenvalue weighted by Crippen LogP contribution is -2.24. The molecule has 0 unspecified atom stereocenters. The summed E-state index contributed by atoms with van der Waals surface area (Å²) in [5, 5.41) is 2.91. The lowest BCUT2D eigenvalue weighted by molar-refractivity contribution is -0.116. The van der Waals surface area contributed by atoms with Crippen molar-refractivity contribution in [2.45, 2.75) is 30.2 Å². The van der Waals surface area contributed by atoms with Gasteiger partial charge < -0.3 is 14.6 Å². The van der Waals surface area contributed by atoms with Crippen molar-refractivity contribution in [1.29, 1.82) is 0 Å². The second kappa shape index (κ2) is 9.11. The first kappa shape index (κ1) is 23.2. The molecule has 8 nitrogen and oxygen atoms in total.